The number of hydrogen-bond donors (Lipinski definition) is 1. The third-order valence-electron chi connectivity index (χ3n) is 5.68. The van der Waals surface area contributed by atoms with Crippen LogP contribution in [0.5, 0.6) is 0 Å². The van der Waals surface area contributed by atoms with Gasteiger partial charge in [0.2, 0.25) is 0 Å². The summed E-state index contributed by atoms with van der Waals surface area (Å²) in [4.78, 5) is 12.0. The molecule has 1 N–H and O–H groups in total. The normalized spacial score (nSPS) is 40.9. The number of hydrogen-bond acceptors (Lipinski definition) is 4. The summed E-state index contributed by atoms with van der Waals surface area (Å²) < 4.78 is 11.9. The zero-order valence-corrected chi connectivity index (χ0v) is 12.9. The van der Waals surface area contributed by atoms with Crippen molar-refractivity contribution in [1.82, 2.24) is 0 Å². The van der Waals surface area contributed by atoms with E-state index in [-0.39, 0.29) is 23.8 Å². The number of fused-ring (bicyclic) bond motifs is 2. The maximum absolute atomic E-state index is 12.0. The fourth-order valence-corrected chi connectivity index (χ4v) is 4.84. The molecule has 118 valence electrons. The molecule has 0 aromatic rings. The summed E-state index contributed by atoms with van der Waals surface area (Å²) in [6.45, 7) is 5.83. The second-order valence-corrected chi connectivity index (χ2v) is 7.29. The lowest BCUT2D eigenvalue weighted by Crippen LogP contribution is -2.59. The summed E-state index contributed by atoms with van der Waals surface area (Å²) in [6.07, 6.45) is 7.15. The highest BCUT2D eigenvalue weighted by molar-refractivity contribution is 5.87. The standard InChI is InChI=1S/C17H26O4/c1-12(2)15(19)21-17-6-4-13-3-5-16(11-17,20-8-7-18)9-14(13)10-17/h13-14,18H,1,3-11H2,2H3. The average Bonchev–Trinajstić information content (AvgIpc) is 2.43. The van der Waals surface area contributed by atoms with Gasteiger partial charge in [-0.2, -0.15) is 0 Å². The summed E-state index contributed by atoms with van der Waals surface area (Å²) in [5, 5.41) is 9.08. The minimum Gasteiger partial charge on any atom is -0.456 e. The monoisotopic (exact) mass is 294 g/mol. The van der Waals surface area contributed by atoms with E-state index in [1.165, 1.54) is 6.42 Å². The number of aliphatic hydroxyl groups is 1. The fraction of sp³-hybridized carbons (Fsp3) is 0.824. The van der Waals surface area contributed by atoms with E-state index in [9.17, 15) is 4.79 Å². The van der Waals surface area contributed by atoms with E-state index in [0.717, 1.165) is 44.4 Å². The van der Waals surface area contributed by atoms with Gasteiger partial charge in [0.15, 0.2) is 0 Å². The first-order valence-electron chi connectivity index (χ1n) is 8.11. The van der Waals surface area contributed by atoms with E-state index in [0.29, 0.717) is 18.1 Å². The molecule has 0 heterocycles. The predicted octanol–water partition coefficient (Wildman–Crippen LogP) is 2.60. The molecule has 3 aliphatic carbocycles. The first-order valence-corrected chi connectivity index (χ1v) is 8.11. The number of ether oxygens (including phenoxy) is 2. The smallest absolute Gasteiger partial charge is 0.333 e. The van der Waals surface area contributed by atoms with Crippen LogP contribution in [-0.2, 0) is 14.3 Å². The number of esters is 1. The van der Waals surface area contributed by atoms with Gasteiger partial charge in [-0.05, 0) is 57.3 Å². The molecular formula is C17H26O4. The molecule has 0 aliphatic heterocycles. The molecule has 3 aliphatic rings. The lowest BCUT2D eigenvalue weighted by atomic mass is 9.54. The summed E-state index contributed by atoms with van der Waals surface area (Å²) in [5.74, 6) is 1.08. The molecule has 0 saturated heterocycles. The lowest BCUT2D eigenvalue weighted by Gasteiger charge is -2.58. The van der Waals surface area contributed by atoms with Crippen molar-refractivity contribution in [1.29, 1.82) is 0 Å². The van der Waals surface area contributed by atoms with Crippen molar-refractivity contribution >= 4 is 5.97 Å². The Morgan fingerprint density at radius 2 is 1.90 bits per heavy atom. The maximum Gasteiger partial charge on any atom is 0.333 e. The number of rotatable bonds is 5. The topological polar surface area (TPSA) is 55.8 Å². The molecule has 0 amide bonds. The van der Waals surface area contributed by atoms with E-state index >= 15 is 0 Å². The van der Waals surface area contributed by atoms with Crippen molar-refractivity contribution in [3.05, 3.63) is 12.2 Å². The SMILES string of the molecule is C=C(C)C(=O)OC12CCC3CCC(OCCO)(CC3C1)C2. The lowest BCUT2D eigenvalue weighted by molar-refractivity contribution is -0.218. The molecule has 3 rings (SSSR count). The highest BCUT2D eigenvalue weighted by atomic mass is 16.6. The first kappa shape index (κ1) is 15.0. The van der Waals surface area contributed by atoms with Gasteiger partial charge in [-0.3, -0.25) is 0 Å². The van der Waals surface area contributed by atoms with Crippen molar-refractivity contribution in [2.24, 2.45) is 11.8 Å². The minimum absolute atomic E-state index is 0.0500. The molecule has 4 nitrogen and oxygen atoms in total. The zero-order chi connectivity index (χ0) is 15.1. The van der Waals surface area contributed by atoms with Gasteiger partial charge in [0.25, 0.3) is 0 Å². The van der Waals surface area contributed by atoms with E-state index in [1.54, 1.807) is 6.92 Å². The van der Waals surface area contributed by atoms with Crippen molar-refractivity contribution in [2.75, 3.05) is 13.2 Å². The van der Waals surface area contributed by atoms with Gasteiger partial charge >= 0.3 is 5.97 Å². The Morgan fingerprint density at radius 1 is 1.24 bits per heavy atom. The molecule has 0 aromatic heterocycles. The van der Waals surface area contributed by atoms with E-state index in [2.05, 4.69) is 6.58 Å². The summed E-state index contributed by atoms with van der Waals surface area (Å²) in [5.41, 5.74) is -0.101. The largest absolute Gasteiger partial charge is 0.456 e. The van der Waals surface area contributed by atoms with Crippen LogP contribution in [0.2, 0.25) is 0 Å². The van der Waals surface area contributed by atoms with Crippen LogP contribution in [0.3, 0.4) is 0 Å². The highest BCUT2D eigenvalue weighted by Gasteiger charge is 2.57. The van der Waals surface area contributed by atoms with Crippen molar-refractivity contribution in [2.45, 2.75) is 63.1 Å². The average molecular weight is 294 g/mol. The summed E-state index contributed by atoms with van der Waals surface area (Å²) in [7, 11) is 0. The van der Waals surface area contributed by atoms with E-state index in [4.69, 9.17) is 14.6 Å². The molecule has 21 heavy (non-hydrogen) atoms. The second-order valence-electron chi connectivity index (χ2n) is 7.29. The number of carbonyl (C=O) groups excluding carboxylic acids is 1. The van der Waals surface area contributed by atoms with E-state index in [1.807, 2.05) is 0 Å². The van der Waals surface area contributed by atoms with Crippen molar-refractivity contribution < 1.29 is 19.4 Å². The maximum atomic E-state index is 12.0. The third kappa shape index (κ3) is 2.76. The van der Waals surface area contributed by atoms with Crippen LogP contribution >= 0.6 is 0 Å². The first-order chi connectivity index (χ1) is 9.98. The van der Waals surface area contributed by atoms with E-state index < -0.39 is 0 Å². The molecule has 0 spiro atoms. The van der Waals surface area contributed by atoms with Gasteiger partial charge < -0.3 is 14.6 Å². The molecular weight excluding hydrogens is 268 g/mol. The number of carbonyl (C=O) groups is 1. The van der Waals surface area contributed by atoms with Crippen molar-refractivity contribution in [3.8, 4) is 0 Å². The Kier molecular flexibility index (Phi) is 3.87. The van der Waals surface area contributed by atoms with Crippen LogP contribution in [0, 0.1) is 11.8 Å². The molecule has 3 saturated carbocycles. The quantitative estimate of drug-likeness (QED) is 0.625. The molecule has 4 heteroatoms. The zero-order valence-electron chi connectivity index (χ0n) is 12.9. The van der Waals surface area contributed by atoms with Gasteiger partial charge in [0, 0.05) is 12.0 Å². The van der Waals surface area contributed by atoms with Gasteiger partial charge in [-0.1, -0.05) is 6.58 Å². The molecule has 0 aromatic carbocycles. The Hall–Kier alpha value is -0.870. The van der Waals surface area contributed by atoms with Crippen LogP contribution in [0.1, 0.15) is 51.9 Å². The Labute approximate surface area is 126 Å². The fourth-order valence-electron chi connectivity index (χ4n) is 4.84. The van der Waals surface area contributed by atoms with Gasteiger partial charge in [-0.15, -0.1) is 0 Å². The minimum atomic E-state index is -0.370. The predicted molar refractivity (Wildman–Crippen MR) is 78.7 cm³/mol. The molecule has 3 fully saturated rings. The Bertz CT molecular complexity index is 442. The van der Waals surface area contributed by atoms with Crippen LogP contribution in [0.25, 0.3) is 0 Å². The Morgan fingerprint density at radius 3 is 2.57 bits per heavy atom. The van der Waals surface area contributed by atoms with Crippen LogP contribution in [-0.4, -0.2) is 35.5 Å². The molecule has 4 atom stereocenters. The third-order valence-corrected chi connectivity index (χ3v) is 5.68. The van der Waals surface area contributed by atoms with Crippen LogP contribution in [0.15, 0.2) is 12.2 Å². The van der Waals surface area contributed by atoms with Gasteiger partial charge in [0.05, 0.1) is 18.8 Å². The molecule has 0 radical (unpaired) electrons. The molecule has 4 unspecified atom stereocenters. The van der Waals surface area contributed by atoms with Gasteiger partial charge in [0.1, 0.15) is 5.60 Å². The molecule has 3 bridgehead atoms. The van der Waals surface area contributed by atoms with Gasteiger partial charge in [-0.25, -0.2) is 4.79 Å². The number of aliphatic hydroxyl groups excluding tert-OH is 1. The summed E-state index contributed by atoms with van der Waals surface area (Å²) >= 11 is 0. The summed E-state index contributed by atoms with van der Waals surface area (Å²) in [6, 6.07) is 0. The van der Waals surface area contributed by atoms with Crippen LogP contribution < -0.4 is 0 Å². The van der Waals surface area contributed by atoms with Crippen LogP contribution in [0.4, 0.5) is 0 Å². The van der Waals surface area contributed by atoms with Crippen molar-refractivity contribution in [3.63, 3.8) is 0 Å². The highest BCUT2D eigenvalue weighted by Crippen LogP contribution is 2.58. The Balaban J connectivity index is 1.81. The second kappa shape index (κ2) is 5.40.